The summed E-state index contributed by atoms with van der Waals surface area (Å²) in [5.74, 6) is 0. The SMILES string of the molecule is CCCN(C(=O)NC1CCCC1)c1cccc(N)c1. The maximum absolute atomic E-state index is 12.4. The molecule has 1 aromatic rings. The lowest BCUT2D eigenvalue weighted by Gasteiger charge is -2.25. The number of rotatable bonds is 4. The van der Waals surface area contributed by atoms with E-state index in [1.807, 2.05) is 24.3 Å². The van der Waals surface area contributed by atoms with E-state index in [0.717, 1.165) is 24.9 Å². The summed E-state index contributed by atoms with van der Waals surface area (Å²) in [6.45, 7) is 2.78. The molecule has 1 aliphatic carbocycles. The monoisotopic (exact) mass is 261 g/mol. The topological polar surface area (TPSA) is 58.4 Å². The van der Waals surface area contributed by atoms with Gasteiger partial charge in [0.2, 0.25) is 0 Å². The number of anilines is 2. The quantitative estimate of drug-likeness (QED) is 0.818. The van der Waals surface area contributed by atoms with Gasteiger partial charge in [-0.25, -0.2) is 4.79 Å². The highest BCUT2D eigenvalue weighted by atomic mass is 16.2. The molecule has 2 rings (SSSR count). The first-order valence-electron chi connectivity index (χ1n) is 7.14. The molecular formula is C15H23N3O. The summed E-state index contributed by atoms with van der Waals surface area (Å²) in [4.78, 5) is 14.2. The Kier molecular flexibility index (Phi) is 4.66. The number of hydrogen-bond acceptors (Lipinski definition) is 2. The van der Waals surface area contributed by atoms with Gasteiger partial charge in [-0.15, -0.1) is 0 Å². The van der Waals surface area contributed by atoms with Gasteiger partial charge in [-0.3, -0.25) is 4.90 Å². The highest BCUT2D eigenvalue weighted by Gasteiger charge is 2.21. The van der Waals surface area contributed by atoms with Crippen LogP contribution >= 0.6 is 0 Å². The van der Waals surface area contributed by atoms with E-state index in [1.54, 1.807) is 4.90 Å². The molecule has 0 radical (unpaired) electrons. The molecule has 19 heavy (non-hydrogen) atoms. The fourth-order valence-corrected chi connectivity index (χ4v) is 2.59. The molecule has 0 bridgehead atoms. The lowest BCUT2D eigenvalue weighted by molar-refractivity contribution is 0.242. The third-order valence-corrected chi connectivity index (χ3v) is 3.56. The second kappa shape index (κ2) is 6.45. The number of nitrogens with two attached hydrogens (primary N) is 1. The number of nitrogens with zero attached hydrogens (tertiary/aromatic N) is 1. The lowest BCUT2D eigenvalue weighted by atomic mass is 10.2. The average Bonchev–Trinajstić information content (AvgIpc) is 2.88. The van der Waals surface area contributed by atoms with E-state index in [4.69, 9.17) is 5.73 Å². The van der Waals surface area contributed by atoms with Crippen molar-refractivity contribution in [3.8, 4) is 0 Å². The Hall–Kier alpha value is -1.71. The second-order valence-corrected chi connectivity index (χ2v) is 5.18. The molecule has 0 aromatic heterocycles. The number of carbonyl (C=O) groups is 1. The minimum atomic E-state index is -0.000602. The molecule has 0 heterocycles. The van der Waals surface area contributed by atoms with Gasteiger partial charge in [-0.2, -0.15) is 0 Å². The van der Waals surface area contributed by atoms with E-state index >= 15 is 0 Å². The molecule has 104 valence electrons. The number of carbonyl (C=O) groups excluding carboxylic acids is 1. The molecule has 0 saturated heterocycles. The second-order valence-electron chi connectivity index (χ2n) is 5.18. The lowest BCUT2D eigenvalue weighted by Crippen LogP contribution is -2.44. The van der Waals surface area contributed by atoms with Gasteiger partial charge in [-0.1, -0.05) is 25.8 Å². The van der Waals surface area contributed by atoms with Crippen LogP contribution in [0.5, 0.6) is 0 Å². The van der Waals surface area contributed by atoms with E-state index < -0.39 is 0 Å². The summed E-state index contributed by atoms with van der Waals surface area (Å²) in [6.07, 6.45) is 5.56. The molecule has 3 N–H and O–H groups in total. The number of amides is 2. The molecule has 2 amide bonds. The molecule has 1 aliphatic rings. The normalized spacial score (nSPS) is 15.4. The van der Waals surface area contributed by atoms with Crippen LogP contribution in [0.2, 0.25) is 0 Å². The van der Waals surface area contributed by atoms with Crippen LogP contribution in [0.1, 0.15) is 39.0 Å². The van der Waals surface area contributed by atoms with E-state index in [2.05, 4.69) is 12.2 Å². The van der Waals surface area contributed by atoms with Crippen LogP contribution in [0.15, 0.2) is 24.3 Å². The predicted octanol–water partition coefficient (Wildman–Crippen LogP) is 3.14. The maximum Gasteiger partial charge on any atom is 0.322 e. The van der Waals surface area contributed by atoms with Gasteiger partial charge in [0, 0.05) is 24.0 Å². The summed E-state index contributed by atoms with van der Waals surface area (Å²) in [5.41, 5.74) is 7.36. The fraction of sp³-hybridized carbons (Fsp3) is 0.533. The Labute approximate surface area is 115 Å². The summed E-state index contributed by atoms with van der Waals surface area (Å²) < 4.78 is 0. The molecule has 1 aromatic carbocycles. The van der Waals surface area contributed by atoms with E-state index in [9.17, 15) is 4.79 Å². The minimum Gasteiger partial charge on any atom is -0.399 e. The van der Waals surface area contributed by atoms with Gasteiger partial charge in [0.25, 0.3) is 0 Å². The van der Waals surface area contributed by atoms with E-state index in [-0.39, 0.29) is 6.03 Å². The van der Waals surface area contributed by atoms with Crippen LogP contribution < -0.4 is 16.0 Å². The van der Waals surface area contributed by atoms with Crippen LogP contribution in [-0.2, 0) is 0 Å². The van der Waals surface area contributed by atoms with Crippen molar-refractivity contribution in [1.29, 1.82) is 0 Å². The molecule has 0 spiro atoms. The summed E-state index contributed by atoms with van der Waals surface area (Å²) in [6, 6.07) is 7.84. The van der Waals surface area contributed by atoms with Crippen LogP contribution in [0.4, 0.5) is 16.2 Å². The number of urea groups is 1. The number of benzene rings is 1. The zero-order valence-corrected chi connectivity index (χ0v) is 11.6. The van der Waals surface area contributed by atoms with Gasteiger partial charge in [0.15, 0.2) is 0 Å². The smallest absolute Gasteiger partial charge is 0.322 e. The molecule has 1 fully saturated rings. The van der Waals surface area contributed by atoms with Gasteiger partial charge in [-0.05, 0) is 37.5 Å². The number of nitrogen functional groups attached to an aromatic ring is 1. The zero-order chi connectivity index (χ0) is 13.7. The maximum atomic E-state index is 12.4. The van der Waals surface area contributed by atoms with Gasteiger partial charge in [0.05, 0.1) is 0 Å². The Morgan fingerprint density at radius 2 is 2.16 bits per heavy atom. The Morgan fingerprint density at radius 3 is 2.79 bits per heavy atom. The Morgan fingerprint density at radius 1 is 1.42 bits per heavy atom. The first-order chi connectivity index (χ1) is 9.20. The van der Waals surface area contributed by atoms with Crippen molar-refractivity contribution in [3.05, 3.63) is 24.3 Å². The molecule has 0 unspecified atom stereocenters. The number of nitrogens with one attached hydrogen (secondary N) is 1. The summed E-state index contributed by atoms with van der Waals surface area (Å²) in [5, 5.41) is 3.13. The third kappa shape index (κ3) is 3.63. The molecule has 0 atom stereocenters. The zero-order valence-electron chi connectivity index (χ0n) is 11.6. The first-order valence-corrected chi connectivity index (χ1v) is 7.14. The van der Waals surface area contributed by atoms with Crippen molar-refractivity contribution < 1.29 is 4.79 Å². The summed E-state index contributed by atoms with van der Waals surface area (Å²) in [7, 11) is 0. The molecule has 4 heteroatoms. The van der Waals surface area contributed by atoms with Crippen molar-refractivity contribution >= 4 is 17.4 Å². The van der Waals surface area contributed by atoms with Gasteiger partial charge >= 0.3 is 6.03 Å². The van der Waals surface area contributed by atoms with Crippen LogP contribution in [-0.4, -0.2) is 18.6 Å². The largest absolute Gasteiger partial charge is 0.399 e. The van der Waals surface area contributed by atoms with Crippen LogP contribution in [0.25, 0.3) is 0 Å². The van der Waals surface area contributed by atoms with Crippen molar-refractivity contribution in [1.82, 2.24) is 5.32 Å². The van der Waals surface area contributed by atoms with E-state index in [0.29, 0.717) is 18.3 Å². The highest BCUT2D eigenvalue weighted by Crippen LogP contribution is 2.21. The van der Waals surface area contributed by atoms with Crippen molar-refractivity contribution in [3.63, 3.8) is 0 Å². The standard InChI is InChI=1S/C15H23N3O/c1-2-10-18(14-9-5-6-12(16)11-14)15(19)17-13-7-3-4-8-13/h5-6,9,11,13H,2-4,7-8,10,16H2,1H3,(H,17,19). The van der Waals surface area contributed by atoms with E-state index in [1.165, 1.54) is 12.8 Å². The van der Waals surface area contributed by atoms with Crippen LogP contribution in [0.3, 0.4) is 0 Å². The Balaban J connectivity index is 2.07. The van der Waals surface area contributed by atoms with Crippen molar-refractivity contribution in [2.24, 2.45) is 0 Å². The van der Waals surface area contributed by atoms with Crippen molar-refractivity contribution in [2.75, 3.05) is 17.2 Å². The Bertz CT molecular complexity index is 427. The predicted molar refractivity (Wildman–Crippen MR) is 79.3 cm³/mol. The molecule has 4 nitrogen and oxygen atoms in total. The highest BCUT2D eigenvalue weighted by molar-refractivity contribution is 5.92. The third-order valence-electron chi connectivity index (χ3n) is 3.56. The molecular weight excluding hydrogens is 238 g/mol. The van der Waals surface area contributed by atoms with Crippen LogP contribution in [0, 0.1) is 0 Å². The minimum absolute atomic E-state index is 0.000602. The first kappa shape index (κ1) is 13.7. The van der Waals surface area contributed by atoms with Gasteiger partial charge < -0.3 is 11.1 Å². The van der Waals surface area contributed by atoms with Crippen molar-refractivity contribution in [2.45, 2.75) is 45.1 Å². The molecule has 1 saturated carbocycles. The summed E-state index contributed by atoms with van der Waals surface area (Å²) >= 11 is 0. The van der Waals surface area contributed by atoms with Gasteiger partial charge in [0.1, 0.15) is 0 Å². The average molecular weight is 261 g/mol. The molecule has 0 aliphatic heterocycles. The number of hydrogen-bond donors (Lipinski definition) is 2. The fourth-order valence-electron chi connectivity index (χ4n) is 2.59.